The van der Waals surface area contributed by atoms with E-state index in [4.69, 9.17) is 9.11 Å². The number of nitrogens with zero attached hydrogens (tertiary/aromatic N) is 1. The molecule has 0 radical (unpaired) electrons. The maximum absolute atomic E-state index is 11.5. The predicted molar refractivity (Wildman–Crippen MR) is 80.0 cm³/mol. The Kier molecular flexibility index (Phi) is 4.35. The molecule has 0 atom stereocenters. The van der Waals surface area contributed by atoms with Crippen LogP contribution in [0, 0.1) is 10.1 Å². The van der Waals surface area contributed by atoms with Crippen molar-refractivity contribution in [2.75, 3.05) is 0 Å². The van der Waals surface area contributed by atoms with Crippen molar-refractivity contribution in [2.24, 2.45) is 0 Å². The van der Waals surface area contributed by atoms with Crippen LogP contribution in [0.15, 0.2) is 39.0 Å². The fourth-order valence-corrected chi connectivity index (χ4v) is 3.96. The van der Waals surface area contributed by atoms with Crippen LogP contribution in [-0.2, 0) is 30.4 Å². The molecule has 2 aromatic rings. The van der Waals surface area contributed by atoms with Gasteiger partial charge >= 0.3 is 0 Å². The number of nitro benzene ring substituents is 1. The van der Waals surface area contributed by atoms with Crippen molar-refractivity contribution in [3.63, 3.8) is 0 Å². The molecule has 2 aromatic carbocycles. The second kappa shape index (κ2) is 5.68. The number of hydrogen-bond donors (Lipinski definition) is 3. The molecule has 0 aliphatic heterocycles. The fraction of sp³-hybridized carbons (Fsp3) is 0. The highest BCUT2D eigenvalue weighted by atomic mass is 32.2. The second-order valence-corrected chi connectivity index (χ2v) is 8.88. The molecule has 0 bridgehead atoms. The summed E-state index contributed by atoms with van der Waals surface area (Å²) in [4.78, 5) is 6.60. The van der Waals surface area contributed by atoms with Gasteiger partial charge in [0.2, 0.25) is 0 Å². The Labute approximate surface area is 140 Å². The molecule has 136 valence electrons. The average molecular weight is 413 g/mol. The average Bonchev–Trinajstić information content (AvgIpc) is 2.41. The van der Waals surface area contributed by atoms with Gasteiger partial charge in [-0.05, 0) is 23.6 Å². The molecule has 0 unspecified atom stereocenters. The summed E-state index contributed by atoms with van der Waals surface area (Å²) >= 11 is 0. The number of nitro groups is 1. The summed E-state index contributed by atoms with van der Waals surface area (Å²) in [6.07, 6.45) is 0. The maximum Gasteiger partial charge on any atom is 0.295 e. The van der Waals surface area contributed by atoms with E-state index in [2.05, 4.69) is 0 Å². The third-order valence-corrected chi connectivity index (χ3v) is 5.55. The minimum absolute atomic E-state index is 0.271. The van der Waals surface area contributed by atoms with E-state index in [9.17, 15) is 39.9 Å². The van der Waals surface area contributed by atoms with Gasteiger partial charge in [-0.3, -0.25) is 23.8 Å². The van der Waals surface area contributed by atoms with Gasteiger partial charge in [-0.25, -0.2) is 0 Å². The first-order valence-corrected chi connectivity index (χ1v) is 10.1. The van der Waals surface area contributed by atoms with Crippen LogP contribution in [0.5, 0.6) is 0 Å². The lowest BCUT2D eigenvalue weighted by molar-refractivity contribution is -0.383. The monoisotopic (exact) mass is 413 g/mol. The lowest BCUT2D eigenvalue weighted by Gasteiger charge is -2.09. The summed E-state index contributed by atoms with van der Waals surface area (Å²) in [6, 6.07) is 1.69. The van der Waals surface area contributed by atoms with Crippen molar-refractivity contribution < 1.29 is 43.8 Å². The van der Waals surface area contributed by atoms with Crippen molar-refractivity contribution in [1.82, 2.24) is 0 Å². The first kappa shape index (κ1) is 19.2. The van der Waals surface area contributed by atoms with E-state index in [0.29, 0.717) is 18.2 Å². The molecule has 0 saturated heterocycles. The number of fused-ring (bicyclic) bond motifs is 1. The van der Waals surface area contributed by atoms with Gasteiger partial charge in [-0.15, -0.1) is 0 Å². The second-order valence-electron chi connectivity index (χ2n) is 4.64. The van der Waals surface area contributed by atoms with Crippen LogP contribution < -0.4 is 0 Å². The van der Waals surface area contributed by atoms with Crippen LogP contribution >= 0.6 is 0 Å². The Morgan fingerprint density at radius 3 is 1.56 bits per heavy atom. The molecule has 0 amide bonds. The molecule has 3 N–H and O–H groups in total. The summed E-state index contributed by atoms with van der Waals surface area (Å²) in [5, 5.41) is 9.68. The quantitative estimate of drug-likeness (QED) is 0.357. The zero-order chi connectivity index (χ0) is 19.4. The normalized spacial score (nSPS) is 13.1. The summed E-state index contributed by atoms with van der Waals surface area (Å²) in [5.74, 6) is 0. The molecule has 0 aliphatic rings. The van der Waals surface area contributed by atoms with Gasteiger partial charge in [0, 0.05) is 6.07 Å². The predicted octanol–water partition coefficient (Wildman–Crippen LogP) is 0.488. The highest BCUT2D eigenvalue weighted by Crippen LogP contribution is 2.36. The Morgan fingerprint density at radius 1 is 0.760 bits per heavy atom. The number of non-ortho nitro benzene ring substituents is 1. The Balaban J connectivity index is 3.23. The molecule has 0 saturated carbocycles. The van der Waals surface area contributed by atoms with Crippen LogP contribution in [-0.4, -0.2) is 43.8 Å². The maximum atomic E-state index is 11.5. The minimum Gasteiger partial charge on any atom is -0.282 e. The molecule has 0 aliphatic carbocycles. The van der Waals surface area contributed by atoms with E-state index in [0.717, 1.165) is 0 Å². The highest BCUT2D eigenvalue weighted by Gasteiger charge is 2.28. The van der Waals surface area contributed by atoms with E-state index in [1.165, 1.54) is 0 Å². The van der Waals surface area contributed by atoms with Gasteiger partial charge in [0.1, 0.15) is 9.79 Å². The highest BCUT2D eigenvalue weighted by molar-refractivity contribution is 7.87. The lowest BCUT2D eigenvalue weighted by atomic mass is 10.1. The van der Waals surface area contributed by atoms with Crippen molar-refractivity contribution in [3.8, 4) is 0 Å². The molecule has 25 heavy (non-hydrogen) atoms. The first-order valence-electron chi connectivity index (χ1n) is 5.81. The smallest absolute Gasteiger partial charge is 0.282 e. The Bertz CT molecular complexity index is 1220. The van der Waals surface area contributed by atoms with Gasteiger partial charge in [-0.2, -0.15) is 25.3 Å². The third-order valence-electron chi connectivity index (χ3n) is 3.01. The fourth-order valence-electron chi connectivity index (χ4n) is 2.05. The number of rotatable bonds is 4. The Hall–Kier alpha value is -2.17. The summed E-state index contributed by atoms with van der Waals surface area (Å²) < 4.78 is 95.1. The molecule has 12 nitrogen and oxygen atoms in total. The molecule has 2 rings (SSSR count). The van der Waals surface area contributed by atoms with E-state index in [1.54, 1.807) is 0 Å². The Morgan fingerprint density at radius 2 is 1.20 bits per heavy atom. The van der Waals surface area contributed by atoms with Crippen molar-refractivity contribution >= 4 is 46.8 Å². The lowest BCUT2D eigenvalue weighted by Crippen LogP contribution is -2.07. The topological polar surface area (TPSA) is 206 Å². The number of benzene rings is 2. The summed E-state index contributed by atoms with van der Waals surface area (Å²) in [6.45, 7) is 0. The molecule has 0 fully saturated rings. The molecule has 15 heteroatoms. The van der Waals surface area contributed by atoms with E-state index < -0.39 is 66.4 Å². The van der Waals surface area contributed by atoms with Crippen molar-refractivity contribution in [1.29, 1.82) is 0 Å². The first-order chi connectivity index (χ1) is 11.1. The van der Waals surface area contributed by atoms with Crippen LogP contribution in [0.2, 0.25) is 0 Å². The largest absolute Gasteiger partial charge is 0.295 e. The van der Waals surface area contributed by atoms with Gasteiger partial charge < -0.3 is 0 Å². The van der Waals surface area contributed by atoms with E-state index in [-0.39, 0.29) is 6.07 Å². The third kappa shape index (κ3) is 3.75. The molecule has 0 heterocycles. The minimum atomic E-state index is -5.21. The number of hydrogen-bond acceptors (Lipinski definition) is 8. The molecule has 0 spiro atoms. The summed E-state index contributed by atoms with van der Waals surface area (Å²) in [7, 11) is -15.2. The molecule has 0 aromatic heterocycles. The zero-order valence-corrected chi connectivity index (χ0v) is 14.0. The van der Waals surface area contributed by atoms with Gasteiger partial charge in [-0.1, -0.05) is 0 Å². The SMILES string of the molecule is O=[N+]([O-])c1cc(S(=O)(=O)O)cc2cc(S(=O)(=O)O)cc(S(=O)(=O)O)c12. The van der Waals surface area contributed by atoms with E-state index in [1.807, 2.05) is 0 Å². The van der Waals surface area contributed by atoms with Crippen LogP contribution in [0.4, 0.5) is 5.69 Å². The van der Waals surface area contributed by atoms with Gasteiger partial charge in [0.15, 0.2) is 0 Å². The van der Waals surface area contributed by atoms with Crippen LogP contribution in [0.25, 0.3) is 10.8 Å². The van der Waals surface area contributed by atoms with Gasteiger partial charge in [0.25, 0.3) is 36.0 Å². The standard InChI is InChI=1S/C10H7NO11S3/c12-11(13)8-3-6(23(14,15)16)1-5-2-7(24(17,18)19)4-9(10(5)8)25(20,21)22/h1-4H,(H,14,15,16)(H,17,18,19)(H,20,21,22). The van der Waals surface area contributed by atoms with Crippen molar-refractivity contribution in [2.45, 2.75) is 14.7 Å². The molecular weight excluding hydrogens is 406 g/mol. The van der Waals surface area contributed by atoms with Crippen molar-refractivity contribution in [3.05, 3.63) is 34.4 Å². The summed E-state index contributed by atoms with van der Waals surface area (Å²) in [5.41, 5.74) is -1.14. The van der Waals surface area contributed by atoms with Crippen LogP contribution in [0.3, 0.4) is 0 Å². The zero-order valence-electron chi connectivity index (χ0n) is 11.6. The van der Waals surface area contributed by atoms with E-state index >= 15 is 0 Å². The van der Waals surface area contributed by atoms with Crippen LogP contribution in [0.1, 0.15) is 0 Å². The van der Waals surface area contributed by atoms with Gasteiger partial charge in [0.05, 0.1) is 15.2 Å². The molecular formula is C10H7NO11S3.